The van der Waals surface area contributed by atoms with Crippen LogP contribution in [0.25, 0.3) is 0 Å². The van der Waals surface area contributed by atoms with E-state index < -0.39 is 31.6 Å². The van der Waals surface area contributed by atoms with Gasteiger partial charge < -0.3 is 5.32 Å². The van der Waals surface area contributed by atoms with Crippen molar-refractivity contribution >= 4 is 9.84 Å². The molecule has 0 heterocycles. The van der Waals surface area contributed by atoms with E-state index in [0.717, 1.165) is 31.5 Å². The van der Waals surface area contributed by atoms with Gasteiger partial charge in [-0.3, -0.25) is 0 Å². The van der Waals surface area contributed by atoms with Crippen molar-refractivity contribution in [3.8, 4) is 0 Å². The van der Waals surface area contributed by atoms with Gasteiger partial charge >= 0.3 is 0 Å². The Kier molecular flexibility index (Phi) is 4.99. The molecule has 2 rings (SSSR count). The van der Waals surface area contributed by atoms with E-state index in [2.05, 4.69) is 12.2 Å². The lowest BCUT2D eigenvalue weighted by Gasteiger charge is -2.22. The monoisotopic (exact) mass is 317 g/mol. The van der Waals surface area contributed by atoms with E-state index in [1.807, 2.05) is 6.92 Å². The summed E-state index contributed by atoms with van der Waals surface area (Å²) in [6.07, 6.45) is 2.24. The second-order valence-corrected chi connectivity index (χ2v) is 7.79. The lowest BCUT2D eigenvalue weighted by molar-refractivity contribution is 0.424. The Morgan fingerprint density at radius 3 is 2.62 bits per heavy atom. The summed E-state index contributed by atoms with van der Waals surface area (Å²) in [6, 6.07) is 2.77. The average molecular weight is 317 g/mol. The summed E-state index contributed by atoms with van der Waals surface area (Å²) in [7, 11) is -3.77. The highest BCUT2D eigenvalue weighted by molar-refractivity contribution is 7.92. The molecule has 0 aliphatic heterocycles. The molecule has 1 saturated carbocycles. The van der Waals surface area contributed by atoms with Gasteiger partial charge in [-0.25, -0.2) is 17.2 Å². The van der Waals surface area contributed by atoms with Crippen LogP contribution in [0.4, 0.5) is 8.78 Å². The normalized spacial score (nSPS) is 26.2. The van der Waals surface area contributed by atoms with Crippen molar-refractivity contribution in [1.29, 1.82) is 0 Å². The predicted octanol–water partition coefficient (Wildman–Crippen LogP) is 2.91. The van der Waals surface area contributed by atoms with Crippen LogP contribution >= 0.6 is 0 Å². The van der Waals surface area contributed by atoms with Gasteiger partial charge in [0.1, 0.15) is 16.5 Å². The van der Waals surface area contributed by atoms with E-state index in [1.165, 1.54) is 0 Å². The smallest absolute Gasteiger partial charge is 0.184 e. The van der Waals surface area contributed by atoms with E-state index >= 15 is 0 Å². The van der Waals surface area contributed by atoms with Crippen molar-refractivity contribution < 1.29 is 17.2 Å². The van der Waals surface area contributed by atoms with E-state index in [0.29, 0.717) is 12.5 Å². The molecular formula is C15H21F2NO2S. The quantitative estimate of drug-likeness (QED) is 0.849. The number of nitrogens with one attached hydrogen (secondary N) is 1. The molecule has 0 radical (unpaired) electrons. The largest absolute Gasteiger partial charge is 0.314 e. The Hall–Kier alpha value is -1.01. The molecule has 1 N–H and O–H groups in total. The molecule has 0 aromatic heterocycles. The molecule has 0 bridgehead atoms. The van der Waals surface area contributed by atoms with Crippen LogP contribution in [0, 0.1) is 17.6 Å². The maximum absolute atomic E-state index is 13.8. The third kappa shape index (κ3) is 3.26. The van der Waals surface area contributed by atoms with Crippen LogP contribution < -0.4 is 5.32 Å². The van der Waals surface area contributed by atoms with E-state index in [4.69, 9.17) is 0 Å². The van der Waals surface area contributed by atoms with Gasteiger partial charge in [-0.05, 0) is 43.9 Å². The fourth-order valence-corrected chi connectivity index (χ4v) is 5.17. The zero-order valence-electron chi connectivity index (χ0n) is 12.3. The number of benzene rings is 1. The Bertz CT molecular complexity index is 604. The molecule has 3 unspecified atom stereocenters. The van der Waals surface area contributed by atoms with Gasteiger partial charge in [-0.15, -0.1) is 0 Å². The summed E-state index contributed by atoms with van der Waals surface area (Å²) >= 11 is 0. The van der Waals surface area contributed by atoms with Crippen LogP contribution in [0.5, 0.6) is 0 Å². The Morgan fingerprint density at radius 2 is 2.00 bits per heavy atom. The molecule has 0 spiro atoms. The van der Waals surface area contributed by atoms with Crippen molar-refractivity contribution in [2.24, 2.45) is 5.92 Å². The average Bonchev–Trinajstić information content (AvgIpc) is 2.77. The first-order valence-corrected chi connectivity index (χ1v) is 8.85. The maximum atomic E-state index is 13.8. The number of sulfone groups is 1. The topological polar surface area (TPSA) is 46.2 Å². The molecule has 0 saturated heterocycles. The molecule has 1 aromatic rings. The zero-order chi connectivity index (χ0) is 15.6. The molecule has 1 aliphatic carbocycles. The van der Waals surface area contributed by atoms with Crippen LogP contribution in [-0.2, 0) is 9.84 Å². The third-order valence-corrected chi connectivity index (χ3v) is 6.65. The number of halogens is 2. The van der Waals surface area contributed by atoms with Crippen LogP contribution in [0.15, 0.2) is 23.1 Å². The highest BCUT2D eigenvalue weighted by atomic mass is 32.2. The van der Waals surface area contributed by atoms with Crippen LogP contribution in [0.1, 0.15) is 33.1 Å². The van der Waals surface area contributed by atoms with Gasteiger partial charge in [0.05, 0.1) is 5.25 Å². The first-order chi connectivity index (χ1) is 9.87. The molecule has 1 fully saturated rings. The number of hydrogen-bond acceptors (Lipinski definition) is 3. The predicted molar refractivity (Wildman–Crippen MR) is 77.8 cm³/mol. The third-order valence-electron chi connectivity index (χ3n) is 4.24. The van der Waals surface area contributed by atoms with Crippen molar-refractivity contribution in [2.75, 3.05) is 6.54 Å². The first kappa shape index (κ1) is 16.4. The lowest BCUT2D eigenvalue weighted by atomic mass is 10.1. The molecule has 3 atom stereocenters. The van der Waals surface area contributed by atoms with Crippen LogP contribution in [0.2, 0.25) is 0 Å². The highest BCUT2D eigenvalue weighted by Crippen LogP contribution is 2.35. The van der Waals surface area contributed by atoms with Crippen molar-refractivity contribution in [1.82, 2.24) is 5.32 Å². The fourth-order valence-electron chi connectivity index (χ4n) is 3.05. The fraction of sp³-hybridized carbons (Fsp3) is 0.600. The van der Waals surface area contributed by atoms with Crippen molar-refractivity contribution in [3.63, 3.8) is 0 Å². The molecule has 1 aromatic carbocycles. The van der Waals surface area contributed by atoms with Crippen molar-refractivity contribution in [2.45, 2.75) is 49.3 Å². The molecule has 21 heavy (non-hydrogen) atoms. The minimum Gasteiger partial charge on any atom is -0.314 e. The minimum atomic E-state index is -3.77. The number of rotatable bonds is 5. The zero-order valence-corrected chi connectivity index (χ0v) is 13.1. The standard InChI is InChI=1S/C15H21F2NO2S/c1-3-8-18-13-5-7-14(10(13)2)21(19,20)15-6-4-11(16)9-12(15)17/h4,6,9-10,13-14,18H,3,5,7-8H2,1-2H3. The summed E-state index contributed by atoms with van der Waals surface area (Å²) in [5.74, 6) is -1.87. The van der Waals surface area contributed by atoms with Gasteiger partial charge in [-0.1, -0.05) is 13.8 Å². The molecule has 0 amide bonds. The molecular weight excluding hydrogens is 296 g/mol. The second kappa shape index (κ2) is 6.40. The lowest BCUT2D eigenvalue weighted by Crippen LogP contribution is -2.36. The Balaban J connectivity index is 2.24. The molecule has 118 valence electrons. The molecule has 6 heteroatoms. The van der Waals surface area contributed by atoms with Crippen LogP contribution in [-0.4, -0.2) is 26.3 Å². The van der Waals surface area contributed by atoms with Gasteiger partial charge in [0, 0.05) is 12.1 Å². The summed E-state index contributed by atoms with van der Waals surface area (Å²) in [6.45, 7) is 4.77. The summed E-state index contributed by atoms with van der Waals surface area (Å²) in [5.41, 5.74) is 0. The minimum absolute atomic E-state index is 0.0917. The number of hydrogen-bond donors (Lipinski definition) is 1. The molecule has 3 nitrogen and oxygen atoms in total. The summed E-state index contributed by atoms with van der Waals surface area (Å²) < 4.78 is 52.0. The first-order valence-electron chi connectivity index (χ1n) is 7.30. The van der Waals surface area contributed by atoms with E-state index in [9.17, 15) is 17.2 Å². The van der Waals surface area contributed by atoms with Gasteiger partial charge in [0.15, 0.2) is 9.84 Å². The SMILES string of the molecule is CCCNC1CCC(S(=O)(=O)c2ccc(F)cc2F)C1C. The van der Waals surface area contributed by atoms with E-state index in [1.54, 1.807) is 0 Å². The van der Waals surface area contributed by atoms with Gasteiger partial charge in [-0.2, -0.15) is 0 Å². The highest BCUT2D eigenvalue weighted by Gasteiger charge is 2.42. The summed E-state index contributed by atoms with van der Waals surface area (Å²) in [4.78, 5) is -0.392. The molecule has 1 aliphatic rings. The second-order valence-electron chi connectivity index (χ2n) is 5.66. The van der Waals surface area contributed by atoms with E-state index in [-0.39, 0.29) is 12.0 Å². The van der Waals surface area contributed by atoms with Crippen LogP contribution in [0.3, 0.4) is 0 Å². The maximum Gasteiger partial charge on any atom is 0.184 e. The Morgan fingerprint density at radius 1 is 1.29 bits per heavy atom. The summed E-state index contributed by atoms with van der Waals surface area (Å²) in [5, 5.41) is 2.72. The van der Waals surface area contributed by atoms with Crippen molar-refractivity contribution in [3.05, 3.63) is 29.8 Å². The Labute approximate surface area is 124 Å². The van der Waals surface area contributed by atoms with Gasteiger partial charge in [0.2, 0.25) is 0 Å². The van der Waals surface area contributed by atoms with Gasteiger partial charge in [0.25, 0.3) is 0 Å².